The van der Waals surface area contributed by atoms with Crippen molar-refractivity contribution in [3.8, 4) is 5.75 Å². The van der Waals surface area contributed by atoms with Crippen LogP contribution < -0.4 is 10.1 Å². The average Bonchev–Trinajstić information content (AvgIpc) is 2.71. The van der Waals surface area contributed by atoms with Crippen molar-refractivity contribution in [3.63, 3.8) is 0 Å². The lowest BCUT2D eigenvalue weighted by Gasteiger charge is -2.45. The van der Waals surface area contributed by atoms with E-state index in [1.807, 2.05) is 0 Å². The third-order valence-corrected chi connectivity index (χ3v) is 6.45. The van der Waals surface area contributed by atoms with E-state index in [1.165, 1.54) is 0 Å². The molecule has 0 saturated carbocycles. The van der Waals surface area contributed by atoms with Crippen LogP contribution in [0.15, 0.2) is 60.7 Å². The van der Waals surface area contributed by atoms with E-state index in [2.05, 4.69) is 5.32 Å². The molecule has 1 aliphatic heterocycles. The lowest BCUT2D eigenvalue weighted by Crippen LogP contribution is -2.74. The van der Waals surface area contributed by atoms with Gasteiger partial charge in [-0.3, -0.25) is 14.4 Å². The first kappa shape index (κ1) is 21.3. The number of nitrogens with zero attached hydrogens (tertiary/aromatic N) is 1. The van der Waals surface area contributed by atoms with Gasteiger partial charge in [0.15, 0.2) is 21.8 Å². The van der Waals surface area contributed by atoms with Crippen LogP contribution in [0.4, 0.5) is 0 Å². The molecule has 2 N–H and O–H groups in total. The number of rotatable bonds is 9. The number of sulfone groups is 1. The molecule has 2 aromatic rings. The summed E-state index contributed by atoms with van der Waals surface area (Å²) < 4.78 is 31.1. The van der Waals surface area contributed by atoms with E-state index in [4.69, 9.17) is 9.84 Å². The number of carboxylic acid groups (broad SMARTS) is 1. The fourth-order valence-electron chi connectivity index (χ4n) is 3.14. The minimum Gasteiger partial charge on any atom is -0.484 e. The van der Waals surface area contributed by atoms with Gasteiger partial charge in [0.1, 0.15) is 18.3 Å². The van der Waals surface area contributed by atoms with Crippen LogP contribution in [0.1, 0.15) is 5.56 Å². The van der Waals surface area contributed by atoms with Crippen LogP contribution in [0, 0.1) is 0 Å². The number of amides is 2. The number of hydrogen-bond donors (Lipinski definition) is 2. The molecule has 1 heterocycles. The molecule has 3 rings (SSSR count). The van der Waals surface area contributed by atoms with Crippen molar-refractivity contribution in [3.05, 3.63) is 66.2 Å². The second-order valence-electron chi connectivity index (χ2n) is 6.69. The molecule has 9 nitrogen and oxygen atoms in total. The number of β-lactam (4-membered cyclic amide) rings is 1. The molecule has 0 aliphatic carbocycles. The summed E-state index contributed by atoms with van der Waals surface area (Å²) in [6.07, 6.45) is 0. The van der Waals surface area contributed by atoms with Crippen LogP contribution in [-0.4, -0.2) is 60.8 Å². The van der Waals surface area contributed by atoms with Gasteiger partial charge >= 0.3 is 5.97 Å². The number of nitrogens with one attached hydrogen (secondary N) is 1. The predicted octanol–water partition coefficient (Wildman–Crippen LogP) is 0.418. The maximum absolute atomic E-state index is 12.9. The lowest BCUT2D eigenvalue weighted by molar-refractivity contribution is -0.155. The molecule has 0 bridgehead atoms. The number of hydrogen-bond acceptors (Lipinski definition) is 6. The SMILES string of the molecule is O=C(O)CN1C(=O)[C@@H](NC(=O)COc2ccccc2)[C@H]1S(=O)(=O)Cc1ccccc1. The molecular weight excluding hydrogens is 412 g/mol. The first-order valence-corrected chi connectivity index (χ1v) is 10.7. The number of aliphatic carboxylic acids is 1. The Hall–Kier alpha value is -3.40. The Bertz CT molecular complexity index is 1030. The summed E-state index contributed by atoms with van der Waals surface area (Å²) in [5.74, 6) is -2.76. The normalized spacial score (nSPS) is 18.4. The molecule has 10 heteroatoms. The van der Waals surface area contributed by atoms with Crippen molar-refractivity contribution in [2.45, 2.75) is 17.2 Å². The smallest absolute Gasteiger partial charge is 0.323 e. The number of likely N-dealkylation sites (tertiary alicyclic amines) is 1. The van der Waals surface area contributed by atoms with Crippen molar-refractivity contribution in [2.75, 3.05) is 13.2 Å². The van der Waals surface area contributed by atoms with Crippen LogP contribution in [0.2, 0.25) is 0 Å². The molecule has 2 aromatic carbocycles. The van der Waals surface area contributed by atoms with Crippen molar-refractivity contribution in [1.82, 2.24) is 10.2 Å². The van der Waals surface area contributed by atoms with Crippen LogP contribution in [0.5, 0.6) is 5.75 Å². The maximum Gasteiger partial charge on any atom is 0.323 e. The quantitative estimate of drug-likeness (QED) is 0.549. The summed E-state index contributed by atoms with van der Waals surface area (Å²) in [5.41, 5.74) is 0.490. The molecule has 1 aliphatic rings. The van der Waals surface area contributed by atoms with Crippen LogP contribution >= 0.6 is 0 Å². The second kappa shape index (κ2) is 8.95. The molecule has 2 amide bonds. The van der Waals surface area contributed by atoms with E-state index in [0.29, 0.717) is 11.3 Å². The van der Waals surface area contributed by atoms with Crippen LogP contribution in [0.25, 0.3) is 0 Å². The van der Waals surface area contributed by atoms with Gasteiger partial charge in [-0.15, -0.1) is 0 Å². The Morgan fingerprint density at radius 1 is 1.03 bits per heavy atom. The highest BCUT2D eigenvalue weighted by Crippen LogP contribution is 2.27. The van der Waals surface area contributed by atoms with Gasteiger partial charge in [-0.25, -0.2) is 8.42 Å². The molecule has 158 valence electrons. The molecule has 1 saturated heterocycles. The average molecular weight is 432 g/mol. The summed E-state index contributed by atoms with van der Waals surface area (Å²) in [6.45, 7) is -1.19. The van der Waals surface area contributed by atoms with Crippen LogP contribution in [0.3, 0.4) is 0 Å². The largest absolute Gasteiger partial charge is 0.484 e. The molecular formula is C20H20N2O7S. The number of carbonyl (C=O) groups excluding carboxylic acids is 2. The lowest BCUT2D eigenvalue weighted by atomic mass is 10.1. The number of benzene rings is 2. The second-order valence-corrected chi connectivity index (χ2v) is 8.79. The van der Waals surface area contributed by atoms with E-state index in [-0.39, 0.29) is 0 Å². The maximum atomic E-state index is 12.9. The van der Waals surface area contributed by atoms with Crippen molar-refractivity contribution in [2.24, 2.45) is 0 Å². The van der Waals surface area contributed by atoms with E-state index in [1.54, 1.807) is 60.7 Å². The van der Waals surface area contributed by atoms with Gasteiger partial charge in [0.25, 0.3) is 5.91 Å². The zero-order chi connectivity index (χ0) is 21.7. The van der Waals surface area contributed by atoms with E-state index >= 15 is 0 Å². The van der Waals surface area contributed by atoms with Gasteiger partial charge in [-0.1, -0.05) is 48.5 Å². The van der Waals surface area contributed by atoms with Crippen LogP contribution in [-0.2, 0) is 30.0 Å². The fourth-order valence-corrected chi connectivity index (χ4v) is 5.14. The highest BCUT2D eigenvalue weighted by Gasteiger charge is 2.55. The highest BCUT2D eigenvalue weighted by molar-refractivity contribution is 7.91. The Balaban J connectivity index is 1.72. The third-order valence-electron chi connectivity index (χ3n) is 4.46. The number of carboxylic acids is 1. The molecule has 0 unspecified atom stereocenters. The number of para-hydroxylation sites is 1. The minimum absolute atomic E-state index is 0.394. The molecule has 30 heavy (non-hydrogen) atoms. The van der Waals surface area contributed by atoms with Gasteiger partial charge in [0.2, 0.25) is 5.91 Å². The zero-order valence-electron chi connectivity index (χ0n) is 15.8. The van der Waals surface area contributed by atoms with Gasteiger partial charge in [-0.2, -0.15) is 0 Å². The van der Waals surface area contributed by atoms with Crippen molar-refractivity contribution >= 4 is 27.6 Å². The molecule has 2 atom stereocenters. The van der Waals surface area contributed by atoms with E-state index < -0.39 is 57.9 Å². The molecule has 0 spiro atoms. The molecule has 1 fully saturated rings. The first-order chi connectivity index (χ1) is 14.3. The third kappa shape index (κ3) is 4.95. The van der Waals surface area contributed by atoms with E-state index in [9.17, 15) is 22.8 Å². The van der Waals surface area contributed by atoms with Gasteiger partial charge < -0.3 is 20.1 Å². The first-order valence-electron chi connectivity index (χ1n) is 9.03. The van der Waals surface area contributed by atoms with Gasteiger partial charge in [0.05, 0.1) is 5.75 Å². The minimum atomic E-state index is -3.98. The summed E-state index contributed by atoms with van der Waals surface area (Å²) in [4.78, 5) is 36.4. The Labute approximate surface area is 173 Å². The molecule has 0 aromatic heterocycles. The Morgan fingerprint density at radius 2 is 1.63 bits per heavy atom. The summed E-state index contributed by atoms with van der Waals surface area (Å²) in [6, 6.07) is 15.4. The fraction of sp³-hybridized carbons (Fsp3) is 0.250. The Morgan fingerprint density at radius 3 is 2.23 bits per heavy atom. The standard InChI is InChI=1S/C20H20N2O7S/c23-16(12-29-15-9-5-2-6-10-15)21-18-19(26)22(11-17(24)25)20(18)30(27,28)13-14-7-3-1-4-8-14/h1-10,18,20H,11-13H2,(H,21,23)(H,24,25)/t18-,20-/m1/s1. The van der Waals surface area contributed by atoms with Crippen molar-refractivity contribution in [1.29, 1.82) is 0 Å². The number of ether oxygens (including phenoxy) is 1. The highest BCUT2D eigenvalue weighted by atomic mass is 32.2. The monoisotopic (exact) mass is 432 g/mol. The van der Waals surface area contributed by atoms with Gasteiger partial charge in [-0.05, 0) is 17.7 Å². The molecule has 0 radical (unpaired) electrons. The Kier molecular flexibility index (Phi) is 6.36. The zero-order valence-corrected chi connectivity index (χ0v) is 16.6. The predicted molar refractivity (Wildman–Crippen MR) is 106 cm³/mol. The van der Waals surface area contributed by atoms with Crippen molar-refractivity contribution < 1.29 is 32.6 Å². The van der Waals surface area contributed by atoms with Gasteiger partial charge in [0, 0.05) is 0 Å². The van der Waals surface area contributed by atoms with E-state index in [0.717, 1.165) is 4.90 Å². The topological polar surface area (TPSA) is 130 Å². The summed E-state index contributed by atoms with van der Waals surface area (Å²) >= 11 is 0. The summed E-state index contributed by atoms with van der Waals surface area (Å²) in [5, 5.41) is 9.91. The number of carbonyl (C=O) groups is 3. The summed E-state index contributed by atoms with van der Waals surface area (Å²) in [7, 11) is -3.98.